The molecular formula is C34H20ClNS. The molecule has 2 heterocycles. The first-order valence-electron chi connectivity index (χ1n) is 12.4. The summed E-state index contributed by atoms with van der Waals surface area (Å²) < 4.78 is 4.97. The van der Waals surface area contributed by atoms with Gasteiger partial charge in [0.1, 0.15) is 0 Å². The maximum atomic E-state index is 6.45. The predicted octanol–water partition coefficient (Wildman–Crippen LogP) is 10.6. The molecule has 6 aromatic carbocycles. The van der Waals surface area contributed by atoms with Gasteiger partial charge in [0.2, 0.25) is 0 Å². The molecule has 0 amide bonds. The number of halogens is 1. The van der Waals surface area contributed by atoms with Crippen LogP contribution in [-0.2, 0) is 0 Å². The molecule has 0 fully saturated rings. The van der Waals surface area contributed by atoms with Crippen LogP contribution in [0.5, 0.6) is 0 Å². The molecule has 0 saturated carbocycles. The zero-order valence-corrected chi connectivity index (χ0v) is 21.4. The third-order valence-electron chi connectivity index (χ3n) is 7.44. The van der Waals surface area contributed by atoms with Crippen molar-refractivity contribution in [2.75, 3.05) is 0 Å². The first-order valence-corrected chi connectivity index (χ1v) is 13.6. The number of aromatic nitrogens is 1. The first-order chi connectivity index (χ1) is 18.2. The van der Waals surface area contributed by atoms with E-state index in [1.165, 1.54) is 58.4 Å². The molecule has 0 saturated heterocycles. The summed E-state index contributed by atoms with van der Waals surface area (Å²) in [5.41, 5.74) is 5.89. The monoisotopic (exact) mass is 509 g/mol. The molecule has 2 aromatic heterocycles. The molecule has 0 N–H and O–H groups in total. The lowest BCUT2D eigenvalue weighted by atomic mass is 9.99. The zero-order valence-electron chi connectivity index (χ0n) is 19.8. The predicted molar refractivity (Wildman–Crippen MR) is 162 cm³/mol. The van der Waals surface area contributed by atoms with E-state index in [2.05, 4.69) is 120 Å². The highest BCUT2D eigenvalue weighted by atomic mass is 35.5. The molecule has 8 aromatic rings. The lowest BCUT2D eigenvalue weighted by Gasteiger charge is -2.08. The number of benzene rings is 6. The van der Waals surface area contributed by atoms with E-state index in [4.69, 9.17) is 11.6 Å². The van der Waals surface area contributed by atoms with E-state index in [-0.39, 0.29) is 0 Å². The normalized spacial score (nSPS) is 11.9. The van der Waals surface area contributed by atoms with Crippen molar-refractivity contribution in [3.63, 3.8) is 0 Å². The Hall–Kier alpha value is -4.11. The van der Waals surface area contributed by atoms with E-state index in [0.29, 0.717) is 0 Å². The third-order valence-corrected chi connectivity index (χ3v) is 8.81. The maximum Gasteiger partial charge on any atom is 0.0555 e. The van der Waals surface area contributed by atoms with E-state index in [1.54, 1.807) is 0 Å². The summed E-state index contributed by atoms with van der Waals surface area (Å²) in [5, 5.41) is 8.47. The number of rotatable bonds is 2. The Morgan fingerprint density at radius 1 is 0.514 bits per heavy atom. The van der Waals surface area contributed by atoms with Gasteiger partial charge in [0, 0.05) is 41.7 Å². The minimum absolute atomic E-state index is 0.745. The molecule has 0 radical (unpaired) electrons. The molecule has 0 bridgehead atoms. The summed E-state index contributed by atoms with van der Waals surface area (Å²) in [6.45, 7) is 0. The van der Waals surface area contributed by atoms with Crippen molar-refractivity contribution in [3.8, 4) is 16.8 Å². The van der Waals surface area contributed by atoms with Crippen LogP contribution in [0, 0.1) is 0 Å². The average Bonchev–Trinajstić information content (AvgIpc) is 3.48. The second-order valence-electron chi connectivity index (χ2n) is 9.54. The van der Waals surface area contributed by atoms with E-state index in [0.717, 1.165) is 16.2 Å². The van der Waals surface area contributed by atoms with Crippen LogP contribution in [0.2, 0.25) is 5.02 Å². The van der Waals surface area contributed by atoms with Crippen molar-refractivity contribution < 1.29 is 0 Å². The van der Waals surface area contributed by atoms with Gasteiger partial charge in [-0.1, -0.05) is 78.3 Å². The molecule has 0 spiro atoms. The van der Waals surface area contributed by atoms with Crippen LogP contribution in [0.1, 0.15) is 0 Å². The van der Waals surface area contributed by atoms with Crippen molar-refractivity contribution in [3.05, 3.63) is 126 Å². The number of thiophene rings is 1. The molecule has 3 heteroatoms. The van der Waals surface area contributed by atoms with Gasteiger partial charge in [0.05, 0.1) is 11.0 Å². The van der Waals surface area contributed by atoms with Gasteiger partial charge in [-0.2, -0.15) is 0 Å². The maximum absolute atomic E-state index is 6.45. The second-order valence-corrected chi connectivity index (χ2v) is 11.1. The zero-order chi connectivity index (χ0) is 24.5. The Kier molecular flexibility index (Phi) is 4.51. The Morgan fingerprint density at radius 2 is 1.27 bits per heavy atom. The van der Waals surface area contributed by atoms with Crippen LogP contribution in [0.3, 0.4) is 0 Å². The summed E-state index contributed by atoms with van der Waals surface area (Å²) in [6.07, 6.45) is 0. The van der Waals surface area contributed by atoms with Crippen LogP contribution in [0.25, 0.3) is 69.6 Å². The standard InChI is InChI=1S/C34H20ClNS/c35-24-13-14-27-28-18-22(10-15-30(28)36(31(27)20-24)25-7-2-1-3-8-25)23-12-16-32-29(19-23)34-26-9-5-4-6-21(26)11-17-33(34)37-32/h1-20H. The Labute approximate surface area is 222 Å². The molecule has 0 unspecified atom stereocenters. The average molecular weight is 510 g/mol. The van der Waals surface area contributed by atoms with Gasteiger partial charge in [0.15, 0.2) is 0 Å². The molecule has 1 nitrogen and oxygen atoms in total. The lowest BCUT2D eigenvalue weighted by Crippen LogP contribution is -1.93. The number of hydrogen-bond acceptors (Lipinski definition) is 1. The number of para-hydroxylation sites is 1. The number of nitrogens with zero attached hydrogens (tertiary/aromatic N) is 1. The van der Waals surface area contributed by atoms with E-state index in [1.807, 2.05) is 17.4 Å². The summed E-state index contributed by atoms with van der Waals surface area (Å²) in [7, 11) is 0. The molecule has 0 atom stereocenters. The van der Waals surface area contributed by atoms with Crippen molar-refractivity contribution in [1.82, 2.24) is 4.57 Å². The highest BCUT2D eigenvalue weighted by Crippen LogP contribution is 2.41. The first kappa shape index (κ1) is 21.0. The molecule has 37 heavy (non-hydrogen) atoms. The van der Waals surface area contributed by atoms with Gasteiger partial charge >= 0.3 is 0 Å². The fourth-order valence-electron chi connectivity index (χ4n) is 5.76. The SMILES string of the molecule is Clc1ccc2c3cc(-c4ccc5sc6ccc7ccccc7c6c5c4)ccc3n(-c3ccccc3)c2c1. The van der Waals surface area contributed by atoms with Gasteiger partial charge < -0.3 is 4.57 Å². The Morgan fingerprint density at radius 3 is 2.16 bits per heavy atom. The quantitative estimate of drug-likeness (QED) is 0.218. The van der Waals surface area contributed by atoms with Crippen LogP contribution in [0.15, 0.2) is 121 Å². The molecule has 174 valence electrons. The van der Waals surface area contributed by atoms with Crippen LogP contribution >= 0.6 is 22.9 Å². The van der Waals surface area contributed by atoms with Gasteiger partial charge in [-0.05, 0) is 76.5 Å². The van der Waals surface area contributed by atoms with E-state index in [9.17, 15) is 0 Å². The lowest BCUT2D eigenvalue weighted by molar-refractivity contribution is 1.18. The van der Waals surface area contributed by atoms with Crippen molar-refractivity contribution >= 4 is 75.7 Å². The van der Waals surface area contributed by atoms with Crippen molar-refractivity contribution in [1.29, 1.82) is 0 Å². The smallest absolute Gasteiger partial charge is 0.0555 e. The molecule has 0 aliphatic rings. The largest absolute Gasteiger partial charge is 0.309 e. The summed E-state index contributed by atoms with van der Waals surface area (Å²) in [6, 6.07) is 43.6. The summed E-state index contributed by atoms with van der Waals surface area (Å²) in [5.74, 6) is 0. The van der Waals surface area contributed by atoms with Crippen LogP contribution in [0.4, 0.5) is 0 Å². The fraction of sp³-hybridized carbons (Fsp3) is 0. The van der Waals surface area contributed by atoms with Gasteiger partial charge in [-0.25, -0.2) is 0 Å². The Balaban J connectivity index is 1.39. The highest BCUT2D eigenvalue weighted by Gasteiger charge is 2.15. The van der Waals surface area contributed by atoms with Gasteiger partial charge in [-0.15, -0.1) is 11.3 Å². The highest BCUT2D eigenvalue weighted by molar-refractivity contribution is 7.26. The third kappa shape index (κ3) is 3.16. The number of fused-ring (bicyclic) bond motifs is 8. The Bertz CT molecular complexity index is 2150. The van der Waals surface area contributed by atoms with Crippen LogP contribution < -0.4 is 0 Å². The summed E-state index contributed by atoms with van der Waals surface area (Å²) in [4.78, 5) is 0. The molecular weight excluding hydrogens is 490 g/mol. The molecule has 0 aliphatic carbocycles. The van der Waals surface area contributed by atoms with Gasteiger partial charge in [-0.3, -0.25) is 0 Å². The van der Waals surface area contributed by atoms with E-state index >= 15 is 0 Å². The summed E-state index contributed by atoms with van der Waals surface area (Å²) >= 11 is 8.33. The van der Waals surface area contributed by atoms with Crippen LogP contribution in [-0.4, -0.2) is 4.57 Å². The fourth-order valence-corrected chi connectivity index (χ4v) is 7.02. The second kappa shape index (κ2) is 7.94. The molecule has 0 aliphatic heterocycles. The van der Waals surface area contributed by atoms with Crippen molar-refractivity contribution in [2.45, 2.75) is 0 Å². The minimum atomic E-state index is 0.745. The number of hydrogen-bond donors (Lipinski definition) is 0. The van der Waals surface area contributed by atoms with Gasteiger partial charge in [0.25, 0.3) is 0 Å². The topological polar surface area (TPSA) is 4.93 Å². The van der Waals surface area contributed by atoms with Crippen molar-refractivity contribution in [2.24, 2.45) is 0 Å². The minimum Gasteiger partial charge on any atom is -0.309 e. The van der Waals surface area contributed by atoms with E-state index < -0.39 is 0 Å². The molecule has 8 rings (SSSR count).